The minimum absolute atomic E-state index is 0.0583. The number of phenolic OH excluding ortho intramolecular Hbond substituents is 1. The second-order valence-electron chi connectivity index (χ2n) is 6.05. The van der Waals surface area contributed by atoms with Gasteiger partial charge in [0.15, 0.2) is 0 Å². The lowest BCUT2D eigenvalue weighted by Gasteiger charge is -2.37. The summed E-state index contributed by atoms with van der Waals surface area (Å²) >= 11 is 0. The van der Waals surface area contributed by atoms with Gasteiger partial charge in [0.2, 0.25) is 0 Å². The Labute approximate surface area is 127 Å². The summed E-state index contributed by atoms with van der Waals surface area (Å²) in [7, 11) is 0. The Morgan fingerprint density at radius 1 is 1.48 bits per heavy atom. The van der Waals surface area contributed by atoms with E-state index in [1.807, 2.05) is 24.0 Å². The van der Waals surface area contributed by atoms with E-state index in [0.29, 0.717) is 17.5 Å². The fourth-order valence-electron chi connectivity index (χ4n) is 2.96. The molecule has 2 rings (SSSR count). The SMILES string of the molecule is CCCNC1CCN(C(=O)c2cccc(C)c2O)CC1C. The maximum Gasteiger partial charge on any atom is 0.257 e. The topological polar surface area (TPSA) is 52.6 Å². The quantitative estimate of drug-likeness (QED) is 0.896. The molecule has 1 saturated heterocycles. The van der Waals surface area contributed by atoms with E-state index in [2.05, 4.69) is 19.2 Å². The molecule has 4 nitrogen and oxygen atoms in total. The molecule has 116 valence electrons. The zero-order valence-corrected chi connectivity index (χ0v) is 13.2. The Kier molecular flexibility index (Phi) is 5.23. The average molecular weight is 290 g/mol. The maximum atomic E-state index is 12.6. The van der Waals surface area contributed by atoms with Crippen molar-refractivity contribution in [3.05, 3.63) is 29.3 Å². The lowest BCUT2D eigenvalue weighted by molar-refractivity contribution is 0.0642. The zero-order chi connectivity index (χ0) is 15.4. The molecule has 0 aromatic heterocycles. The van der Waals surface area contributed by atoms with Crippen molar-refractivity contribution >= 4 is 5.91 Å². The van der Waals surface area contributed by atoms with Crippen LogP contribution in [0, 0.1) is 12.8 Å². The number of carbonyl (C=O) groups is 1. The monoisotopic (exact) mass is 290 g/mol. The normalized spacial score (nSPS) is 22.3. The van der Waals surface area contributed by atoms with Crippen LogP contribution < -0.4 is 5.32 Å². The summed E-state index contributed by atoms with van der Waals surface area (Å²) in [6.07, 6.45) is 2.10. The molecule has 2 atom stereocenters. The summed E-state index contributed by atoms with van der Waals surface area (Å²) in [5.74, 6) is 0.486. The summed E-state index contributed by atoms with van der Waals surface area (Å²) in [4.78, 5) is 14.4. The number of aryl methyl sites for hydroxylation is 1. The van der Waals surface area contributed by atoms with Gasteiger partial charge < -0.3 is 15.3 Å². The Morgan fingerprint density at radius 2 is 2.24 bits per heavy atom. The van der Waals surface area contributed by atoms with Gasteiger partial charge in [-0.1, -0.05) is 26.0 Å². The minimum Gasteiger partial charge on any atom is -0.507 e. The van der Waals surface area contributed by atoms with Crippen molar-refractivity contribution in [2.45, 2.75) is 39.7 Å². The van der Waals surface area contributed by atoms with Crippen molar-refractivity contribution in [3.8, 4) is 5.75 Å². The molecule has 0 aliphatic carbocycles. The van der Waals surface area contributed by atoms with Crippen LogP contribution in [0.15, 0.2) is 18.2 Å². The van der Waals surface area contributed by atoms with E-state index in [1.54, 1.807) is 6.07 Å². The standard InChI is InChI=1S/C17H26N2O2/c1-4-9-18-15-8-10-19(11-13(15)3)17(21)14-7-5-6-12(2)16(14)20/h5-7,13,15,18,20H,4,8-11H2,1-3H3. The second kappa shape index (κ2) is 6.94. The fraction of sp³-hybridized carbons (Fsp3) is 0.588. The van der Waals surface area contributed by atoms with Crippen LogP contribution >= 0.6 is 0 Å². The number of nitrogens with one attached hydrogen (secondary N) is 1. The average Bonchev–Trinajstić information content (AvgIpc) is 2.48. The third-order valence-electron chi connectivity index (χ3n) is 4.32. The smallest absolute Gasteiger partial charge is 0.257 e. The van der Waals surface area contributed by atoms with Gasteiger partial charge in [-0.2, -0.15) is 0 Å². The first-order chi connectivity index (χ1) is 10.0. The number of amides is 1. The summed E-state index contributed by atoms with van der Waals surface area (Å²) < 4.78 is 0. The van der Waals surface area contributed by atoms with Crippen LogP contribution in [-0.2, 0) is 0 Å². The van der Waals surface area contributed by atoms with Crippen molar-refractivity contribution in [2.24, 2.45) is 5.92 Å². The van der Waals surface area contributed by atoms with Gasteiger partial charge in [-0.15, -0.1) is 0 Å². The van der Waals surface area contributed by atoms with Crippen LogP contribution in [0.25, 0.3) is 0 Å². The minimum atomic E-state index is -0.0583. The summed E-state index contributed by atoms with van der Waals surface area (Å²) in [6.45, 7) is 8.68. The molecule has 2 unspecified atom stereocenters. The molecule has 0 spiro atoms. The predicted octanol–water partition coefficient (Wildman–Crippen LogP) is 2.55. The Balaban J connectivity index is 2.04. The predicted molar refractivity (Wildman–Crippen MR) is 84.6 cm³/mol. The number of carbonyl (C=O) groups excluding carboxylic acids is 1. The van der Waals surface area contributed by atoms with Crippen molar-refractivity contribution < 1.29 is 9.90 Å². The molecule has 0 radical (unpaired) electrons. The molecule has 1 aliphatic rings. The van der Waals surface area contributed by atoms with Gasteiger partial charge in [0.25, 0.3) is 5.91 Å². The van der Waals surface area contributed by atoms with Gasteiger partial charge in [-0.25, -0.2) is 0 Å². The highest BCUT2D eigenvalue weighted by atomic mass is 16.3. The molecule has 1 amide bonds. The zero-order valence-electron chi connectivity index (χ0n) is 13.2. The molecule has 4 heteroatoms. The molecule has 0 saturated carbocycles. The van der Waals surface area contributed by atoms with E-state index >= 15 is 0 Å². The van der Waals surface area contributed by atoms with Gasteiger partial charge in [-0.3, -0.25) is 4.79 Å². The summed E-state index contributed by atoms with van der Waals surface area (Å²) in [5, 5.41) is 13.6. The van der Waals surface area contributed by atoms with E-state index < -0.39 is 0 Å². The number of phenols is 1. The van der Waals surface area contributed by atoms with Crippen LogP contribution in [-0.4, -0.2) is 41.6 Å². The van der Waals surface area contributed by atoms with E-state index in [1.165, 1.54) is 0 Å². The van der Waals surface area contributed by atoms with Crippen LogP contribution in [0.4, 0.5) is 0 Å². The molecular weight excluding hydrogens is 264 g/mol. The van der Waals surface area contributed by atoms with Crippen molar-refractivity contribution in [3.63, 3.8) is 0 Å². The number of nitrogens with zero attached hydrogens (tertiary/aromatic N) is 1. The first kappa shape index (κ1) is 15.8. The maximum absolute atomic E-state index is 12.6. The number of rotatable bonds is 4. The van der Waals surface area contributed by atoms with Crippen LogP contribution in [0.1, 0.15) is 42.6 Å². The van der Waals surface area contributed by atoms with E-state index in [9.17, 15) is 9.90 Å². The molecule has 1 heterocycles. The van der Waals surface area contributed by atoms with E-state index in [4.69, 9.17) is 0 Å². The van der Waals surface area contributed by atoms with Crippen LogP contribution in [0.3, 0.4) is 0 Å². The highest BCUT2D eigenvalue weighted by Gasteiger charge is 2.29. The molecule has 1 fully saturated rings. The Bertz CT molecular complexity index is 502. The summed E-state index contributed by atoms with van der Waals surface area (Å²) in [5.41, 5.74) is 1.16. The lowest BCUT2D eigenvalue weighted by Crippen LogP contribution is -2.50. The molecule has 1 aliphatic heterocycles. The number of likely N-dealkylation sites (tertiary alicyclic amines) is 1. The van der Waals surface area contributed by atoms with Gasteiger partial charge in [-0.05, 0) is 43.9 Å². The summed E-state index contributed by atoms with van der Waals surface area (Å²) in [6, 6.07) is 5.83. The van der Waals surface area contributed by atoms with Crippen LogP contribution in [0.2, 0.25) is 0 Å². The molecule has 2 N–H and O–H groups in total. The van der Waals surface area contributed by atoms with Gasteiger partial charge in [0.1, 0.15) is 5.75 Å². The first-order valence-electron chi connectivity index (χ1n) is 7.85. The van der Waals surface area contributed by atoms with Crippen molar-refractivity contribution in [1.82, 2.24) is 10.2 Å². The highest BCUT2D eigenvalue weighted by Crippen LogP contribution is 2.25. The number of hydrogen-bond acceptors (Lipinski definition) is 3. The number of aromatic hydroxyl groups is 1. The van der Waals surface area contributed by atoms with Crippen molar-refractivity contribution in [2.75, 3.05) is 19.6 Å². The Morgan fingerprint density at radius 3 is 2.90 bits per heavy atom. The van der Waals surface area contributed by atoms with Gasteiger partial charge in [0, 0.05) is 19.1 Å². The lowest BCUT2D eigenvalue weighted by atomic mass is 9.93. The Hall–Kier alpha value is -1.55. The fourth-order valence-corrected chi connectivity index (χ4v) is 2.96. The molecular formula is C17H26N2O2. The molecule has 1 aromatic carbocycles. The number of para-hydroxylation sites is 1. The largest absolute Gasteiger partial charge is 0.507 e. The highest BCUT2D eigenvalue weighted by molar-refractivity contribution is 5.97. The number of piperidine rings is 1. The molecule has 1 aromatic rings. The third-order valence-corrected chi connectivity index (χ3v) is 4.32. The van der Waals surface area contributed by atoms with E-state index in [-0.39, 0.29) is 11.7 Å². The van der Waals surface area contributed by atoms with Crippen LogP contribution in [0.5, 0.6) is 5.75 Å². The number of benzene rings is 1. The van der Waals surface area contributed by atoms with Crippen molar-refractivity contribution in [1.29, 1.82) is 0 Å². The van der Waals surface area contributed by atoms with Gasteiger partial charge >= 0.3 is 0 Å². The second-order valence-corrected chi connectivity index (χ2v) is 6.05. The third kappa shape index (κ3) is 3.56. The van der Waals surface area contributed by atoms with Gasteiger partial charge in [0.05, 0.1) is 5.56 Å². The molecule has 21 heavy (non-hydrogen) atoms. The van der Waals surface area contributed by atoms with E-state index in [0.717, 1.165) is 38.0 Å². The first-order valence-corrected chi connectivity index (χ1v) is 7.85. The molecule has 0 bridgehead atoms. The number of hydrogen-bond donors (Lipinski definition) is 2.